The molecule has 0 radical (unpaired) electrons. The van der Waals surface area contributed by atoms with Gasteiger partial charge in [-0.2, -0.15) is 0 Å². The molecule has 3 aromatic carbocycles. The van der Waals surface area contributed by atoms with Crippen LogP contribution in [0.15, 0.2) is 67.0 Å². The molecule has 2 aromatic heterocycles. The number of carbonyl (C=O) groups excluding carboxylic acids is 2. The van der Waals surface area contributed by atoms with Crippen molar-refractivity contribution >= 4 is 23.6 Å². The van der Waals surface area contributed by atoms with E-state index in [9.17, 15) is 19.8 Å². The van der Waals surface area contributed by atoms with Gasteiger partial charge in [0.1, 0.15) is 17.3 Å². The molecule has 0 saturated carbocycles. The molecule has 5 aliphatic heterocycles. The van der Waals surface area contributed by atoms with Crippen LogP contribution in [0.1, 0.15) is 92.4 Å². The van der Waals surface area contributed by atoms with Gasteiger partial charge in [-0.1, -0.05) is 44.2 Å². The zero-order chi connectivity index (χ0) is 46.2. The van der Waals surface area contributed by atoms with Crippen LogP contribution in [0.2, 0.25) is 0 Å². The molecule has 10 rings (SSSR count). The van der Waals surface area contributed by atoms with E-state index in [1.54, 1.807) is 23.4 Å². The summed E-state index contributed by atoms with van der Waals surface area (Å²) in [7, 11) is 0. The maximum atomic E-state index is 13.9. The number of phenolic OH excluding ortho intramolecular Hbond substituents is 2. The number of hydrogen-bond donors (Lipinski definition) is 3. The Hall–Kier alpha value is -6.20. The van der Waals surface area contributed by atoms with Crippen LogP contribution in [-0.4, -0.2) is 145 Å². The lowest BCUT2D eigenvalue weighted by Gasteiger charge is -2.43. The number of aromatic hydroxyl groups is 2. The summed E-state index contributed by atoms with van der Waals surface area (Å²) in [6.07, 6.45) is 6.26. The average Bonchev–Trinajstić information content (AvgIpc) is 3.78. The van der Waals surface area contributed by atoms with Crippen LogP contribution in [0.25, 0.3) is 11.4 Å². The number of nitrogen functional groups attached to an aromatic ring is 1. The number of hydrogen-bond acceptors (Lipinski definition) is 14. The van der Waals surface area contributed by atoms with E-state index in [2.05, 4.69) is 59.9 Å². The van der Waals surface area contributed by atoms with Crippen molar-refractivity contribution in [1.29, 1.82) is 0 Å². The first-order chi connectivity index (χ1) is 32.5. The second-order valence-electron chi connectivity index (χ2n) is 19.1. The normalized spacial score (nSPS) is 18.6. The summed E-state index contributed by atoms with van der Waals surface area (Å²) < 4.78 is 5.62. The van der Waals surface area contributed by atoms with Crippen molar-refractivity contribution in [1.82, 2.24) is 44.4 Å². The minimum Gasteiger partial charge on any atom is -0.508 e. The second kappa shape index (κ2) is 19.2. The smallest absolute Gasteiger partial charge is 0.258 e. The number of nitrogens with zero attached hydrogens (tertiary/aromatic N) is 10. The molecule has 0 bridgehead atoms. The van der Waals surface area contributed by atoms with E-state index in [-0.39, 0.29) is 40.7 Å². The van der Waals surface area contributed by atoms with Crippen molar-refractivity contribution in [3.05, 3.63) is 117 Å². The SMILES string of the molecule is CC(C)c1cc(C(=O)N2Cc3ccc(CN4CCC(N5CCN(Cc6ccc(C(=O)N7CCc8c(nc(-c9cnc(N)nc9)nc8N8CCOCC8)C7)cc6)CC5)CC4)cc3C2)c(O)cc1O. The van der Waals surface area contributed by atoms with Crippen molar-refractivity contribution in [2.75, 3.05) is 82.8 Å². The van der Waals surface area contributed by atoms with Gasteiger partial charge in [-0.3, -0.25) is 24.3 Å². The predicted molar refractivity (Wildman–Crippen MR) is 254 cm³/mol. The fourth-order valence-corrected chi connectivity index (χ4v) is 10.5. The summed E-state index contributed by atoms with van der Waals surface area (Å²) in [5, 5.41) is 20.8. The Bertz CT molecular complexity index is 2600. The number of likely N-dealkylation sites (tertiary alicyclic amines) is 1. The summed E-state index contributed by atoms with van der Waals surface area (Å²) in [5.74, 6) is 1.24. The first-order valence-electron chi connectivity index (χ1n) is 23.9. The van der Waals surface area contributed by atoms with Crippen molar-refractivity contribution in [2.24, 2.45) is 0 Å². The van der Waals surface area contributed by atoms with Gasteiger partial charge >= 0.3 is 0 Å². The fraction of sp³-hybridized carbons (Fsp3) is 0.451. The molecule has 67 heavy (non-hydrogen) atoms. The first-order valence-corrected chi connectivity index (χ1v) is 23.9. The van der Waals surface area contributed by atoms with E-state index < -0.39 is 0 Å². The third kappa shape index (κ3) is 9.66. The van der Waals surface area contributed by atoms with Crippen LogP contribution in [0.4, 0.5) is 11.8 Å². The number of anilines is 2. The third-order valence-electron chi connectivity index (χ3n) is 14.3. The molecule has 7 heterocycles. The second-order valence-corrected chi connectivity index (χ2v) is 19.1. The number of morpholine rings is 1. The molecule has 16 nitrogen and oxygen atoms in total. The molecule has 350 valence electrons. The topological polar surface area (TPSA) is 181 Å². The number of aromatic nitrogens is 4. The van der Waals surface area contributed by atoms with Crippen LogP contribution < -0.4 is 10.6 Å². The van der Waals surface area contributed by atoms with Crippen LogP contribution >= 0.6 is 0 Å². The fourth-order valence-electron chi connectivity index (χ4n) is 10.5. The van der Waals surface area contributed by atoms with Crippen LogP contribution in [-0.2, 0) is 43.9 Å². The number of carbonyl (C=O) groups is 2. The number of piperidine rings is 1. The molecule has 16 heteroatoms. The lowest BCUT2D eigenvalue weighted by molar-refractivity contribution is 0.0550. The van der Waals surface area contributed by atoms with Gasteiger partial charge in [0.15, 0.2) is 5.82 Å². The number of rotatable bonds is 10. The average molecular weight is 908 g/mol. The number of nitrogens with two attached hydrogens (primary N) is 1. The van der Waals surface area contributed by atoms with E-state index in [1.807, 2.05) is 30.9 Å². The van der Waals surface area contributed by atoms with E-state index in [1.165, 1.54) is 17.2 Å². The lowest BCUT2D eigenvalue weighted by atomic mass is 9.98. The molecule has 5 aliphatic rings. The number of phenols is 2. The predicted octanol–water partition coefficient (Wildman–Crippen LogP) is 5.02. The molecule has 2 amide bonds. The number of amides is 2. The first kappa shape index (κ1) is 44.6. The molecule has 3 fully saturated rings. The summed E-state index contributed by atoms with van der Waals surface area (Å²) in [6, 6.07) is 18.2. The Morgan fingerprint density at radius 1 is 0.731 bits per heavy atom. The lowest BCUT2D eigenvalue weighted by Crippen LogP contribution is -2.52. The number of benzene rings is 3. The standard InChI is InChI=1S/C51H61N11O5/c1-33(2)42-24-43(46(64)25-45(42)63)50(66)62-30-37-8-5-35(23-38(37)31-62)29-57-12-9-40(10-13-57)59-17-15-58(16-18-59)28-34-3-6-36(7-4-34)49(65)61-14-11-41-44(32-61)55-47(39-26-53-51(52)54-27-39)56-48(41)60-19-21-67-22-20-60/h3-8,23-27,33,40,63-64H,9-22,28-32H2,1-2H3,(H2,52,53,54). The molecule has 5 aromatic rings. The number of piperazine rings is 1. The van der Waals surface area contributed by atoms with Gasteiger partial charge < -0.3 is 35.4 Å². The monoisotopic (exact) mass is 907 g/mol. The molecular formula is C51H61N11O5. The van der Waals surface area contributed by atoms with Gasteiger partial charge in [0.05, 0.1) is 36.6 Å². The molecule has 4 N–H and O–H groups in total. The molecule has 0 spiro atoms. The highest BCUT2D eigenvalue weighted by Crippen LogP contribution is 2.35. The zero-order valence-electron chi connectivity index (χ0n) is 38.6. The quantitative estimate of drug-likeness (QED) is 0.170. The van der Waals surface area contributed by atoms with Gasteiger partial charge in [-0.05, 0) is 84.3 Å². The Kier molecular flexibility index (Phi) is 12.8. The Morgan fingerprint density at radius 3 is 2.15 bits per heavy atom. The highest BCUT2D eigenvalue weighted by molar-refractivity contribution is 5.97. The molecule has 0 atom stereocenters. The summed E-state index contributed by atoms with van der Waals surface area (Å²) in [6.45, 7) is 16.7. The minimum atomic E-state index is -0.221. The Balaban J connectivity index is 0.684. The van der Waals surface area contributed by atoms with Crippen LogP contribution in [0, 0.1) is 0 Å². The zero-order valence-corrected chi connectivity index (χ0v) is 38.6. The summed E-state index contributed by atoms with van der Waals surface area (Å²) in [5.41, 5.74) is 14.7. The van der Waals surface area contributed by atoms with Crippen molar-refractivity contribution < 1.29 is 24.5 Å². The van der Waals surface area contributed by atoms with E-state index in [4.69, 9.17) is 20.4 Å². The molecule has 0 aliphatic carbocycles. The van der Waals surface area contributed by atoms with Gasteiger partial charge in [-0.25, -0.2) is 19.9 Å². The highest BCUT2D eigenvalue weighted by atomic mass is 16.5. The van der Waals surface area contributed by atoms with Crippen LogP contribution in [0.5, 0.6) is 11.5 Å². The van der Waals surface area contributed by atoms with Crippen LogP contribution in [0.3, 0.4) is 0 Å². The van der Waals surface area contributed by atoms with Gasteiger partial charge in [0.2, 0.25) is 5.95 Å². The van der Waals surface area contributed by atoms with Crippen molar-refractivity contribution in [3.8, 4) is 22.9 Å². The number of fused-ring (bicyclic) bond motifs is 2. The Labute approximate surface area is 392 Å². The molecule has 0 unspecified atom stereocenters. The largest absolute Gasteiger partial charge is 0.508 e. The van der Waals surface area contributed by atoms with Gasteiger partial charge in [0, 0.05) is 108 Å². The van der Waals surface area contributed by atoms with Gasteiger partial charge in [-0.15, -0.1) is 0 Å². The maximum Gasteiger partial charge on any atom is 0.258 e. The van der Waals surface area contributed by atoms with Crippen molar-refractivity contribution in [2.45, 2.75) is 77.8 Å². The highest BCUT2D eigenvalue weighted by Gasteiger charge is 2.32. The van der Waals surface area contributed by atoms with E-state index in [0.717, 1.165) is 106 Å². The minimum absolute atomic E-state index is 0.00273. The summed E-state index contributed by atoms with van der Waals surface area (Å²) >= 11 is 0. The molecule has 3 saturated heterocycles. The van der Waals surface area contributed by atoms with Gasteiger partial charge in [0.25, 0.3) is 11.8 Å². The van der Waals surface area contributed by atoms with E-state index >= 15 is 0 Å². The van der Waals surface area contributed by atoms with Crippen molar-refractivity contribution in [3.63, 3.8) is 0 Å². The number of ether oxygens (including phenoxy) is 1. The Morgan fingerprint density at radius 2 is 1.42 bits per heavy atom. The molecular weight excluding hydrogens is 847 g/mol. The maximum absolute atomic E-state index is 13.9. The third-order valence-corrected chi connectivity index (χ3v) is 14.3. The van der Waals surface area contributed by atoms with E-state index in [0.29, 0.717) is 74.4 Å². The summed E-state index contributed by atoms with van der Waals surface area (Å²) in [4.78, 5) is 59.4.